The van der Waals surface area contributed by atoms with E-state index in [1.54, 1.807) is 13.0 Å². The van der Waals surface area contributed by atoms with Crippen molar-refractivity contribution >= 4 is 22.5 Å². The van der Waals surface area contributed by atoms with E-state index in [-0.39, 0.29) is 12.4 Å². The standard InChI is InChI=1S/C20H14O3/c1-2-23-20(22)18-13-8-4-3-7-12(13)11-16-14-9-5-6-10-15(14)19(21)17(16)18/h3-11H,2H2,1H3. The van der Waals surface area contributed by atoms with Crippen LogP contribution in [0.4, 0.5) is 0 Å². The summed E-state index contributed by atoms with van der Waals surface area (Å²) in [5, 5.41) is 1.68. The zero-order valence-corrected chi connectivity index (χ0v) is 12.6. The molecule has 23 heavy (non-hydrogen) atoms. The van der Waals surface area contributed by atoms with E-state index in [0.717, 1.165) is 21.9 Å². The lowest BCUT2D eigenvalue weighted by Crippen LogP contribution is -2.11. The van der Waals surface area contributed by atoms with Crippen molar-refractivity contribution in [2.45, 2.75) is 6.92 Å². The molecule has 0 bridgehead atoms. The number of ether oxygens (including phenoxy) is 1. The molecule has 0 heterocycles. The molecule has 3 nitrogen and oxygen atoms in total. The van der Waals surface area contributed by atoms with Crippen molar-refractivity contribution in [3.8, 4) is 11.1 Å². The maximum atomic E-state index is 12.9. The van der Waals surface area contributed by atoms with Gasteiger partial charge in [-0.05, 0) is 34.9 Å². The van der Waals surface area contributed by atoms with Crippen molar-refractivity contribution in [1.29, 1.82) is 0 Å². The molecule has 4 rings (SSSR count). The molecule has 0 amide bonds. The second kappa shape index (κ2) is 5.06. The summed E-state index contributed by atoms with van der Waals surface area (Å²) in [4.78, 5) is 25.4. The number of fused-ring (bicyclic) bond motifs is 4. The number of rotatable bonds is 2. The fourth-order valence-electron chi connectivity index (χ4n) is 3.26. The van der Waals surface area contributed by atoms with Gasteiger partial charge in [0.05, 0.1) is 12.2 Å². The van der Waals surface area contributed by atoms with Crippen molar-refractivity contribution in [3.63, 3.8) is 0 Å². The van der Waals surface area contributed by atoms with E-state index in [2.05, 4.69) is 0 Å². The highest BCUT2D eigenvalue weighted by atomic mass is 16.5. The zero-order valence-electron chi connectivity index (χ0n) is 12.6. The van der Waals surface area contributed by atoms with Gasteiger partial charge in [0.2, 0.25) is 0 Å². The number of ketones is 1. The Bertz CT molecular complexity index is 970. The van der Waals surface area contributed by atoms with E-state index >= 15 is 0 Å². The van der Waals surface area contributed by atoms with Crippen LogP contribution in [0.3, 0.4) is 0 Å². The van der Waals surface area contributed by atoms with Crippen molar-refractivity contribution in [3.05, 3.63) is 71.3 Å². The van der Waals surface area contributed by atoms with Crippen LogP contribution in [-0.2, 0) is 4.74 Å². The average molecular weight is 302 g/mol. The Hall–Kier alpha value is -2.94. The van der Waals surface area contributed by atoms with Gasteiger partial charge >= 0.3 is 5.97 Å². The molecule has 0 unspecified atom stereocenters. The number of esters is 1. The summed E-state index contributed by atoms with van der Waals surface area (Å²) < 4.78 is 5.22. The van der Waals surface area contributed by atoms with Crippen LogP contribution in [0.2, 0.25) is 0 Å². The lowest BCUT2D eigenvalue weighted by Gasteiger charge is -2.11. The second-order valence-corrected chi connectivity index (χ2v) is 5.49. The maximum Gasteiger partial charge on any atom is 0.339 e. The number of carbonyl (C=O) groups is 2. The summed E-state index contributed by atoms with van der Waals surface area (Å²) in [5.74, 6) is -0.550. The first kappa shape index (κ1) is 13.7. The molecule has 0 aromatic heterocycles. The highest BCUT2D eigenvalue weighted by Crippen LogP contribution is 2.41. The minimum absolute atomic E-state index is 0.107. The predicted octanol–water partition coefficient (Wildman–Crippen LogP) is 4.23. The van der Waals surface area contributed by atoms with Gasteiger partial charge in [0, 0.05) is 11.1 Å². The number of hydrogen-bond acceptors (Lipinski definition) is 3. The fraction of sp³-hybridized carbons (Fsp3) is 0.100. The molecular weight excluding hydrogens is 288 g/mol. The molecule has 0 spiro atoms. The third-order valence-electron chi connectivity index (χ3n) is 4.22. The molecule has 0 radical (unpaired) electrons. The summed E-state index contributed by atoms with van der Waals surface area (Å²) >= 11 is 0. The monoisotopic (exact) mass is 302 g/mol. The Balaban J connectivity index is 2.12. The minimum Gasteiger partial charge on any atom is -0.462 e. The lowest BCUT2D eigenvalue weighted by molar-refractivity contribution is 0.0526. The average Bonchev–Trinajstić information content (AvgIpc) is 2.86. The normalized spacial score (nSPS) is 12.1. The summed E-state index contributed by atoms with van der Waals surface area (Å²) in [6.45, 7) is 2.04. The van der Waals surface area contributed by atoms with Crippen LogP contribution >= 0.6 is 0 Å². The van der Waals surface area contributed by atoms with Crippen LogP contribution in [-0.4, -0.2) is 18.4 Å². The molecule has 0 fully saturated rings. The van der Waals surface area contributed by atoms with Crippen LogP contribution < -0.4 is 0 Å². The molecule has 3 aromatic rings. The van der Waals surface area contributed by atoms with E-state index in [9.17, 15) is 9.59 Å². The van der Waals surface area contributed by atoms with Gasteiger partial charge < -0.3 is 4.74 Å². The van der Waals surface area contributed by atoms with Crippen LogP contribution in [0.15, 0.2) is 54.6 Å². The molecule has 112 valence electrons. The molecule has 0 aliphatic heterocycles. The quantitative estimate of drug-likeness (QED) is 0.520. The summed E-state index contributed by atoms with van der Waals surface area (Å²) in [7, 11) is 0. The Morgan fingerprint density at radius 3 is 2.43 bits per heavy atom. The maximum absolute atomic E-state index is 12.9. The van der Waals surface area contributed by atoms with Crippen molar-refractivity contribution in [2.75, 3.05) is 6.61 Å². The highest BCUT2D eigenvalue weighted by molar-refractivity contribution is 6.28. The molecule has 3 heteroatoms. The van der Waals surface area contributed by atoms with Gasteiger partial charge in [0.15, 0.2) is 5.78 Å². The molecular formula is C20H14O3. The third kappa shape index (κ3) is 1.90. The first-order valence-corrected chi connectivity index (χ1v) is 7.59. The Morgan fingerprint density at radius 2 is 1.65 bits per heavy atom. The van der Waals surface area contributed by atoms with Gasteiger partial charge in [-0.3, -0.25) is 4.79 Å². The molecule has 3 aromatic carbocycles. The van der Waals surface area contributed by atoms with Gasteiger partial charge in [-0.25, -0.2) is 4.79 Å². The van der Waals surface area contributed by atoms with E-state index in [1.165, 1.54) is 0 Å². The minimum atomic E-state index is -0.443. The van der Waals surface area contributed by atoms with Crippen molar-refractivity contribution in [1.82, 2.24) is 0 Å². The van der Waals surface area contributed by atoms with Gasteiger partial charge in [0.25, 0.3) is 0 Å². The summed E-state index contributed by atoms with van der Waals surface area (Å²) in [6, 6.07) is 17.0. The number of benzene rings is 3. The first-order chi connectivity index (χ1) is 11.2. The Morgan fingerprint density at radius 1 is 0.957 bits per heavy atom. The van der Waals surface area contributed by atoms with Gasteiger partial charge in [-0.1, -0.05) is 48.5 Å². The van der Waals surface area contributed by atoms with E-state index in [0.29, 0.717) is 16.7 Å². The molecule has 0 saturated carbocycles. The number of carbonyl (C=O) groups excluding carboxylic acids is 2. The zero-order chi connectivity index (χ0) is 16.0. The summed E-state index contributed by atoms with van der Waals surface area (Å²) in [5.41, 5.74) is 3.17. The smallest absolute Gasteiger partial charge is 0.339 e. The van der Waals surface area contributed by atoms with Crippen LogP contribution in [0, 0.1) is 0 Å². The molecule has 0 atom stereocenters. The van der Waals surface area contributed by atoms with E-state index in [4.69, 9.17) is 4.74 Å². The largest absolute Gasteiger partial charge is 0.462 e. The third-order valence-corrected chi connectivity index (χ3v) is 4.22. The van der Waals surface area contributed by atoms with E-state index in [1.807, 2.05) is 48.5 Å². The summed E-state index contributed by atoms with van der Waals surface area (Å²) in [6.07, 6.45) is 0. The van der Waals surface area contributed by atoms with Crippen molar-refractivity contribution in [2.24, 2.45) is 0 Å². The van der Waals surface area contributed by atoms with Crippen LogP contribution in [0.25, 0.3) is 21.9 Å². The van der Waals surface area contributed by atoms with Crippen LogP contribution in [0.5, 0.6) is 0 Å². The second-order valence-electron chi connectivity index (χ2n) is 5.49. The first-order valence-electron chi connectivity index (χ1n) is 7.59. The van der Waals surface area contributed by atoms with Crippen LogP contribution in [0.1, 0.15) is 33.2 Å². The lowest BCUT2D eigenvalue weighted by atomic mass is 9.94. The molecule has 1 aliphatic rings. The van der Waals surface area contributed by atoms with Crippen molar-refractivity contribution < 1.29 is 14.3 Å². The fourth-order valence-corrected chi connectivity index (χ4v) is 3.26. The molecule has 0 saturated heterocycles. The van der Waals surface area contributed by atoms with Gasteiger partial charge in [0.1, 0.15) is 0 Å². The Kier molecular flexibility index (Phi) is 3.01. The number of hydrogen-bond donors (Lipinski definition) is 0. The Labute approximate surface area is 133 Å². The predicted molar refractivity (Wildman–Crippen MR) is 88.8 cm³/mol. The topological polar surface area (TPSA) is 43.4 Å². The molecule has 1 aliphatic carbocycles. The SMILES string of the molecule is CCOC(=O)c1c2c(cc3ccccc13)-c1ccccc1C2=O. The highest BCUT2D eigenvalue weighted by Gasteiger charge is 2.33. The van der Waals surface area contributed by atoms with Gasteiger partial charge in [-0.2, -0.15) is 0 Å². The van der Waals surface area contributed by atoms with Gasteiger partial charge in [-0.15, -0.1) is 0 Å². The molecule has 0 N–H and O–H groups in total. The van der Waals surface area contributed by atoms with E-state index < -0.39 is 5.97 Å².